The highest BCUT2D eigenvalue weighted by Gasteiger charge is 2.42. The number of nitrogens with zero attached hydrogens (tertiary/aromatic N) is 3. The largest absolute Gasteiger partial charge is 0.379 e. The highest BCUT2D eigenvalue weighted by molar-refractivity contribution is 5.92. The quantitative estimate of drug-likeness (QED) is 0.609. The molecule has 2 aliphatic rings. The van der Waals surface area contributed by atoms with E-state index in [1.54, 1.807) is 31.3 Å². The third-order valence-corrected chi connectivity index (χ3v) is 5.30. The Morgan fingerprint density at radius 1 is 1.39 bits per heavy atom. The van der Waals surface area contributed by atoms with E-state index < -0.39 is 17.4 Å². The zero-order chi connectivity index (χ0) is 22.0. The molecule has 2 saturated heterocycles. The number of ether oxygens (including phenoxy) is 1. The average molecular weight is 421 g/mol. The number of carbonyl (C=O) groups excluding carboxylic acids is 2. The van der Waals surface area contributed by atoms with Crippen LogP contribution in [-0.2, 0) is 9.53 Å². The molecule has 2 atom stereocenters. The lowest BCUT2D eigenvalue weighted by atomic mass is 10.0. The highest BCUT2D eigenvalue weighted by Crippen LogP contribution is 2.23. The van der Waals surface area contributed by atoms with E-state index in [4.69, 9.17) is 10.5 Å². The topological polar surface area (TPSA) is 131 Å². The van der Waals surface area contributed by atoms with Crippen LogP contribution in [0.3, 0.4) is 0 Å². The van der Waals surface area contributed by atoms with E-state index in [-0.39, 0.29) is 18.2 Å². The van der Waals surface area contributed by atoms with Crippen LogP contribution in [0.5, 0.6) is 0 Å². The predicted molar refractivity (Wildman–Crippen MR) is 113 cm³/mol. The van der Waals surface area contributed by atoms with Gasteiger partial charge >= 0.3 is 0 Å². The summed E-state index contributed by atoms with van der Waals surface area (Å²) < 4.78 is 5.37. The lowest BCUT2D eigenvalue weighted by molar-refractivity contribution is -0.137. The van der Waals surface area contributed by atoms with Gasteiger partial charge in [-0.2, -0.15) is 0 Å². The molecule has 1 aromatic carbocycles. The molecule has 0 aliphatic carbocycles. The number of nitrogens with two attached hydrogens (primary N) is 1. The van der Waals surface area contributed by atoms with Crippen LogP contribution < -0.4 is 11.1 Å². The second-order valence-corrected chi connectivity index (χ2v) is 7.70. The summed E-state index contributed by atoms with van der Waals surface area (Å²) >= 11 is 0. The van der Waals surface area contributed by atoms with Gasteiger partial charge in [0.05, 0.1) is 12.6 Å². The maximum absolute atomic E-state index is 12.1. The molecule has 2 aliphatic heterocycles. The number of carbonyl (C=O) groups is 2. The van der Waals surface area contributed by atoms with Crippen molar-refractivity contribution in [3.8, 4) is 23.2 Å². The van der Waals surface area contributed by atoms with Crippen LogP contribution in [0.2, 0.25) is 0 Å². The molecule has 4 rings (SSSR count). The second kappa shape index (κ2) is 8.34. The van der Waals surface area contributed by atoms with E-state index in [1.165, 1.54) is 11.0 Å². The number of aromatic nitrogens is 2. The van der Waals surface area contributed by atoms with Crippen LogP contribution in [-0.4, -0.2) is 70.2 Å². The molecule has 0 radical (unpaired) electrons. The molecule has 0 spiro atoms. The van der Waals surface area contributed by atoms with Crippen molar-refractivity contribution >= 4 is 17.6 Å². The Labute approximate surface area is 179 Å². The minimum atomic E-state index is -1.67. The summed E-state index contributed by atoms with van der Waals surface area (Å²) in [4.78, 5) is 34.1. The van der Waals surface area contributed by atoms with Gasteiger partial charge in [0.15, 0.2) is 5.82 Å². The predicted octanol–water partition coefficient (Wildman–Crippen LogP) is 0.388. The molecular formula is C22H23N5O4. The van der Waals surface area contributed by atoms with Crippen molar-refractivity contribution in [2.24, 2.45) is 5.73 Å². The first kappa shape index (κ1) is 20.8. The molecule has 9 nitrogen and oxygen atoms in total. The monoisotopic (exact) mass is 421 g/mol. The van der Waals surface area contributed by atoms with Gasteiger partial charge in [-0.3, -0.25) is 9.59 Å². The molecule has 2 fully saturated rings. The molecule has 0 saturated carbocycles. The number of primary amides is 1. The first-order valence-electron chi connectivity index (χ1n) is 9.99. The summed E-state index contributed by atoms with van der Waals surface area (Å²) in [5, 5.41) is 13.7. The number of likely N-dealkylation sites (N-methyl/N-ethyl adjacent to an activating group) is 1. The number of likely N-dealkylation sites (tertiary alicyclic amines) is 1. The van der Waals surface area contributed by atoms with E-state index in [2.05, 4.69) is 27.1 Å². The summed E-state index contributed by atoms with van der Waals surface area (Å²) in [5.41, 5.74) is 5.09. The zero-order valence-corrected chi connectivity index (χ0v) is 17.1. The van der Waals surface area contributed by atoms with Crippen LogP contribution >= 0.6 is 0 Å². The highest BCUT2D eigenvalue weighted by atomic mass is 16.5. The first-order chi connectivity index (χ1) is 14.8. The van der Waals surface area contributed by atoms with Gasteiger partial charge in [-0.25, -0.2) is 9.97 Å². The minimum absolute atomic E-state index is 0.0943. The molecule has 2 aromatic rings. The maximum atomic E-state index is 12.1. The Morgan fingerprint density at radius 2 is 2.23 bits per heavy atom. The molecule has 160 valence electrons. The third kappa shape index (κ3) is 4.50. The van der Waals surface area contributed by atoms with Crippen LogP contribution in [0.4, 0.5) is 5.82 Å². The SMILES string of the molecule is CN1CC[C@@](O)(C#Cc2cccc(-c3nc(N[C@@H]4CCOC4)cc(C(N)=O)n3)c2)C1=O. The summed E-state index contributed by atoms with van der Waals surface area (Å²) in [6, 6.07) is 8.67. The van der Waals surface area contributed by atoms with E-state index in [1.807, 2.05) is 0 Å². The molecule has 31 heavy (non-hydrogen) atoms. The van der Waals surface area contributed by atoms with Gasteiger partial charge in [-0.15, -0.1) is 0 Å². The van der Waals surface area contributed by atoms with E-state index in [0.29, 0.717) is 42.5 Å². The number of amides is 2. The van der Waals surface area contributed by atoms with Gasteiger partial charge in [0.25, 0.3) is 11.8 Å². The summed E-state index contributed by atoms with van der Waals surface area (Å²) in [6.45, 7) is 1.69. The van der Waals surface area contributed by atoms with Crippen LogP contribution in [0.15, 0.2) is 30.3 Å². The van der Waals surface area contributed by atoms with Crippen LogP contribution in [0.1, 0.15) is 28.9 Å². The number of hydrogen-bond donors (Lipinski definition) is 3. The van der Waals surface area contributed by atoms with Gasteiger partial charge in [0.1, 0.15) is 11.5 Å². The summed E-state index contributed by atoms with van der Waals surface area (Å²) in [6.07, 6.45) is 1.10. The smallest absolute Gasteiger partial charge is 0.267 e. The average Bonchev–Trinajstić information content (AvgIpc) is 3.36. The first-order valence-corrected chi connectivity index (χ1v) is 9.99. The van der Waals surface area contributed by atoms with Gasteiger partial charge in [0.2, 0.25) is 5.60 Å². The number of aliphatic hydroxyl groups is 1. The van der Waals surface area contributed by atoms with Crippen molar-refractivity contribution in [1.29, 1.82) is 0 Å². The Hall–Kier alpha value is -3.48. The standard InChI is InChI=1S/C22H23N5O4/c1-27-9-8-22(30,21(27)29)7-5-14-3-2-4-15(11-14)20-25-17(19(23)28)12-18(26-20)24-16-6-10-31-13-16/h2-4,11-12,16,30H,6,8-10,13H2,1H3,(H2,23,28)(H,24,25,26)/t16-,22+/m1/s1. The molecule has 4 N–H and O–H groups in total. The zero-order valence-electron chi connectivity index (χ0n) is 17.1. The Bertz CT molecular complexity index is 1090. The molecule has 0 unspecified atom stereocenters. The maximum Gasteiger partial charge on any atom is 0.267 e. The number of rotatable bonds is 4. The van der Waals surface area contributed by atoms with Crippen molar-refractivity contribution in [1.82, 2.24) is 14.9 Å². The number of hydrogen-bond acceptors (Lipinski definition) is 7. The molecule has 1 aromatic heterocycles. The Morgan fingerprint density at radius 3 is 2.90 bits per heavy atom. The molecule has 0 bridgehead atoms. The Kier molecular flexibility index (Phi) is 5.59. The fraction of sp³-hybridized carbons (Fsp3) is 0.364. The van der Waals surface area contributed by atoms with Crippen molar-refractivity contribution in [3.63, 3.8) is 0 Å². The lowest BCUT2D eigenvalue weighted by Crippen LogP contribution is -2.37. The van der Waals surface area contributed by atoms with Crippen molar-refractivity contribution in [2.45, 2.75) is 24.5 Å². The fourth-order valence-corrected chi connectivity index (χ4v) is 3.52. The van der Waals surface area contributed by atoms with Gasteiger partial charge in [-0.1, -0.05) is 24.0 Å². The molecule has 2 amide bonds. The normalized spacial score (nSPS) is 22.8. The van der Waals surface area contributed by atoms with E-state index in [9.17, 15) is 14.7 Å². The van der Waals surface area contributed by atoms with Gasteiger partial charge < -0.3 is 25.8 Å². The molecular weight excluding hydrogens is 398 g/mol. The van der Waals surface area contributed by atoms with Gasteiger partial charge in [-0.05, 0) is 18.6 Å². The summed E-state index contributed by atoms with van der Waals surface area (Å²) in [7, 11) is 1.63. The number of benzene rings is 1. The minimum Gasteiger partial charge on any atom is -0.379 e. The van der Waals surface area contributed by atoms with Crippen molar-refractivity contribution < 1.29 is 19.4 Å². The van der Waals surface area contributed by atoms with Gasteiger partial charge in [0, 0.05) is 43.8 Å². The van der Waals surface area contributed by atoms with Crippen LogP contribution in [0, 0.1) is 11.8 Å². The van der Waals surface area contributed by atoms with Crippen molar-refractivity contribution in [2.75, 3.05) is 32.1 Å². The fourth-order valence-electron chi connectivity index (χ4n) is 3.52. The summed E-state index contributed by atoms with van der Waals surface area (Å²) in [5.74, 6) is 5.31. The second-order valence-electron chi connectivity index (χ2n) is 7.70. The molecule has 3 heterocycles. The lowest BCUT2D eigenvalue weighted by Gasteiger charge is -2.13. The molecule has 9 heteroatoms. The van der Waals surface area contributed by atoms with E-state index in [0.717, 1.165) is 6.42 Å². The van der Waals surface area contributed by atoms with Crippen molar-refractivity contribution in [3.05, 3.63) is 41.6 Å². The van der Waals surface area contributed by atoms with Crippen LogP contribution in [0.25, 0.3) is 11.4 Å². The Balaban J connectivity index is 1.64. The number of nitrogens with one attached hydrogen (secondary N) is 1. The van der Waals surface area contributed by atoms with E-state index >= 15 is 0 Å². The number of anilines is 1. The third-order valence-electron chi connectivity index (χ3n) is 5.30.